The molecule has 0 saturated carbocycles. The van der Waals surface area contributed by atoms with Crippen molar-refractivity contribution in [1.82, 2.24) is 15.0 Å². The van der Waals surface area contributed by atoms with Crippen LogP contribution in [-0.2, 0) is 14.3 Å². The van der Waals surface area contributed by atoms with Crippen molar-refractivity contribution in [3.63, 3.8) is 0 Å². The fraction of sp³-hybridized carbons (Fsp3) is 0.588. The van der Waals surface area contributed by atoms with Gasteiger partial charge in [-0.15, -0.1) is 17.9 Å². The number of esters is 1. The van der Waals surface area contributed by atoms with Crippen molar-refractivity contribution < 1.29 is 14.3 Å². The maximum atomic E-state index is 11.4. The van der Waals surface area contributed by atoms with Crippen LogP contribution in [0.2, 0.25) is 0 Å². The van der Waals surface area contributed by atoms with Gasteiger partial charge in [0.25, 0.3) is 0 Å². The zero-order chi connectivity index (χ0) is 17.7. The van der Waals surface area contributed by atoms with E-state index in [1.807, 2.05) is 13.8 Å². The van der Waals surface area contributed by atoms with Crippen molar-refractivity contribution in [3.05, 3.63) is 6.20 Å². The highest BCUT2D eigenvalue weighted by Crippen LogP contribution is 2.37. The van der Waals surface area contributed by atoms with Crippen LogP contribution >= 0.6 is 0 Å². The lowest BCUT2D eigenvalue weighted by Crippen LogP contribution is -2.30. The molecule has 0 aromatic carbocycles. The second-order valence-corrected chi connectivity index (χ2v) is 5.73. The van der Waals surface area contributed by atoms with Gasteiger partial charge in [-0.2, -0.15) is 0 Å². The lowest BCUT2D eigenvalue weighted by molar-refractivity contribution is -0.154. The van der Waals surface area contributed by atoms with E-state index in [1.165, 1.54) is 6.92 Å². The number of nitrogens with zero attached hydrogens (tertiary/aromatic N) is 4. The predicted octanol–water partition coefficient (Wildman–Crippen LogP) is 1.23. The van der Waals surface area contributed by atoms with Gasteiger partial charge in [0, 0.05) is 12.8 Å². The molecule has 24 heavy (non-hydrogen) atoms. The number of terminal acetylenes is 2. The molecule has 4 atom stereocenters. The number of ether oxygens (including phenoxy) is 2. The van der Waals surface area contributed by atoms with Crippen molar-refractivity contribution in [2.24, 2.45) is 5.92 Å². The summed E-state index contributed by atoms with van der Waals surface area (Å²) in [6.07, 6.45) is 12.3. The first-order valence-corrected chi connectivity index (χ1v) is 7.88. The Kier molecular flexibility index (Phi) is 5.83. The lowest BCUT2D eigenvalue weighted by Gasteiger charge is -2.20. The van der Waals surface area contributed by atoms with E-state index < -0.39 is 12.3 Å². The van der Waals surface area contributed by atoms with Crippen molar-refractivity contribution in [1.29, 1.82) is 0 Å². The third kappa shape index (κ3) is 3.69. The SMILES string of the molecule is C#CCN(CC#C)c1cn(C2OC(CC)C(C)C2OC(C)=O)nn1. The van der Waals surface area contributed by atoms with Gasteiger partial charge in [-0.25, -0.2) is 4.68 Å². The Hall–Kier alpha value is -2.51. The summed E-state index contributed by atoms with van der Waals surface area (Å²) >= 11 is 0. The molecular formula is C17H22N4O3. The van der Waals surface area contributed by atoms with Crippen LogP contribution < -0.4 is 4.90 Å². The zero-order valence-electron chi connectivity index (χ0n) is 14.2. The minimum absolute atomic E-state index is 0.0143. The fourth-order valence-electron chi connectivity index (χ4n) is 2.86. The van der Waals surface area contributed by atoms with Crippen LogP contribution in [0.3, 0.4) is 0 Å². The van der Waals surface area contributed by atoms with Crippen molar-refractivity contribution in [2.45, 2.75) is 45.6 Å². The summed E-state index contributed by atoms with van der Waals surface area (Å²) in [7, 11) is 0. The number of rotatable bonds is 6. The van der Waals surface area contributed by atoms with Crippen molar-refractivity contribution in [2.75, 3.05) is 18.0 Å². The first kappa shape index (κ1) is 17.8. The zero-order valence-corrected chi connectivity index (χ0v) is 14.2. The molecule has 128 valence electrons. The molecule has 2 heterocycles. The molecule has 1 aromatic rings. The molecule has 0 spiro atoms. The van der Waals surface area contributed by atoms with Gasteiger partial charge in [0.2, 0.25) is 0 Å². The van der Waals surface area contributed by atoms with Crippen LogP contribution in [0.15, 0.2) is 6.20 Å². The van der Waals surface area contributed by atoms with Crippen molar-refractivity contribution >= 4 is 11.8 Å². The molecule has 1 fully saturated rings. The smallest absolute Gasteiger partial charge is 0.303 e. The Morgan fingerprint density at radius 3 is 2.67 bits per heavy atom. The first-order valence-electron chi connectivity index (χ1n) is 7.88. The summed E-state index contributed by atoms with van der Waals surface area (Å²) in [5, 5.41) is 8.23. The minimum atomic E-state index is -0.520. The van der Waals surface area contributed by atoms with E-state index in [0.717, 1.165) is 6.42 Å². The van der Waals surface area contributed by atoms with Gasteiger partial charge in [-0.3, -0.25) is 4.79 Å². The molecule has 0 N–H and O–H groups in total. The molecule has 1 aliphatic rings. The Bertz CT molecular complexity index is 642. The number of hydrogen-bond acceptors (Lipinski definition) is 6. The largest absolute Gasteiger partial charge is 0.457 e. The molecule has 1 aliphatic heterocycles. The molecule has 0 radical (unpaired) electrons. The summed E-state index contributed by atoms with van der Waals surface area (Å²) in [4.78, 5) is 13.2. The molecule has 1 aromatic heterocycles. The average molecular weight is 330 g/mol. The lowest BCUT2D eigenvalue weighted by atomic mass is 9.98. The summed E-state index contributed by atoms with van der Waals surface area (Å²) in [5.41, 5.74) is 0. The molecule has 7 nitrogen and oxygen atoms in total. The van der Waals surface area contributed by atoms with Gasteiger partial charge in [-0.05, 0) is 6.42 Å². The maximum absolute atomic E-state index is 11.4. The molecule has 0 bridgehead atoms. The Morgan fingerprint density at radius 1 is 1.46 bits per heavy atom. The summed E-state index contributed by atoms with van der Waals surface area (Å²) in [5.74, 6) is 5.35. The first-order chi connectivity index (χ1) is 11.5. The third-order valence-corrected chi connectivity index (χ3v) is 4.05. The van der Waals surface area contributed by atoms with Gasteiger partial charge < -0.3 is 14.4 Å². The number of carbonyl (C=O) groups excluding carboxylic acids is 1. The second-order valence-electron chi connectivity index (χ2n) is 5.73. The normalized spacial score (nSPS) is 25.7. The van der Waals surface area contributed by atoms with E-state index in [9.17, 15) is 4.79 Å². The molecular weight excluding hydrogens is 308 g/mol. The Morgan fingerprint density at radius 2 is 2.12 bits per heavy atom. The second kappa shape index (κ2) is 7.85. The quantitative estimate of drug-likeness (QED) is 0.577. The Balaban J connectivity index is 2.24. The molecule has 0 aliphatic carbocycles. The average Bonchev–Trinajstić information content (AvgIpc) is 3.13. The monoisotopic (exact) mass is 330 g/mol. The van der Waals surface area contributed by atoms with E-state index in [4.69, 9.17) is 22.3 Å². The molecule has 1 saturated heterocycles. The maximum Gasteiger partial charge on any atom is 0.303 e. The molecule has 7 heteroatoms. The highest BCUT2D eigenvalue weighted by Gasteiger charge is 2.45. The molecule has 4 unspecified atom stereocenters. The number of hydrogen-bond donors (Lipinski definition) is 0. The number of aromatic nitrogens is 3. The van der Waals surface area contributed by atoms with Gasteiger partial charge >= 0.3 is 5.97 Å². The Labute approximate surface area is 142 Å². The number of anilines is 1. The van der Waals surface area contributed by atoms with Crippen LogP contribution in [0.4, 0.5) is 5.82 Å². The van der Waals surface area contributed by atoms with Gasteiger partial charge in [-0.1, -0.05) is 30.9 Å². The summed E-state index contributed by atoms with van der Waals surface area (Å²) in [6, 6.07) is 0. The van der Waals surface area contributed by atoms with Gasteiger partial charge in [0.15, 0.2) is 18.1 Å². The standard InChI is InChI=1S/C17H22N4O3/c1-6-9-20(10-7-2)15-11-21(19-18-15)17-16(23-13(5)22)12(4)14(8-3)24-17/h1-2,11-12,14,16-17H,8-10H2,3-5H3. The van der Waals surface area contributed by atoms with Gasteiger partial charge in [0.05, 0.1) is 25.4 Å². The van der Waals surface area contributed by atoms with Gasteiger partial charge in [0.1, 0.15) is 0 Å². The topological polar surface area (TPSA) is 69.5 Å². The third-order valence-electron chi connectivity index (χ3n) is 4.05. The molecule has 2 rings (SSSR count). The predicted molar refractivity (Wildman–Crippen MR) is 88.8 cm³/mol. The summed E-state index contributed by atoms with van der Waals surface area (Å²) < 4.78 is 13.0. The van der Waals surface area contributed by atoms with E-state index in [0.29, 0.717) is 18.9 Å². The highest BCUT2D eigenvalue weighted by molar-refractivity contribution is 5.66. The van der Waals surface area contributed by atoms with Crippen molar-refractivity contribution in [3.8, 4) is 24.7 Å². The molecule has 0 amide bonds. The van der Waals surface area contributed by atoms with Crippen LogP contribution in [0.1, 0.15) is 33.4 Å². The highest BCUT2D eigenvalue weighted by atomic mass is 16.6. The number of carbonyl (C=O) groups is 1. The van der Waals surface area contributed by atoms with E-state index in [1.54, 1.807) is 15.8 Å². The van der Waals surface area contributed by atoms with Crippen LogP contribution in [0.5, 0.6) is 0 Å². The van der Waals surface area contributed by atoms with Crippen LogP contribution in [0, 0.1) is 30.6 Å². The van der Waals surface area contributed by atoms with E-state index in [2.05, 4.69) is 22.2 Å². The van der Waals surface area contributed by atoms with E-state index >= 15 is 0 Å². The summed E-state index contributed by atoms with van der Waals surface area (Å²) in [6.45, 7) is 6.08. The van der Waals surface area contributed by atoms with E-state index in [-0.39, 0.29) is 18.0 Å². The fourth-order valence-corrected chi connectivity index (χ4v) is 2.86. The van der Waals surface area contributed by atoms with Crippen LogP contribution in [0.25, 0.3) is 0 Å². The minimum Gasteiger partial charge on any atom is -0.457 e. The van der Waals surface area contributed by atoms with Crippen LogP contribution in [-0.4, -0.2) is 46.3 Å².